The molecule has 2 rings (SSSR count). The average molecular weight is 264 g/mol. The van der Waals surface area contributed by atoms with Crippen molar-refractivity contribution in [1.29, 1.82) is 0 Å². The van der Waals surface area contributed by atoms with Gasteiger partial charge in [-0.25, -0.2) is 4.79 Å². The summed E-state index contributed by atoms with van der Waals surface area (Å²) in [6, 6.07) is 7.66. The Labute approximate surface area is 113 Å². The molecule has 0 amide bonds. The van der Waals surface area contributed by atoms with E-state index < -0.39 is 12.1 Å². The lowest BCUT2D eigenvalue weighted by atomic mass is 10.2. The Hall–Kier alpha value is -1.59. The second-order valence-corrected chi connectivity index (χ2v) is 4.77. The zero-order valence-corrected chi connectivity index (χ0v) is 11.1. The number of carboxylic acids is 1. The van der Waals surface area contributed by atoms with Gasteiger partial charge in [0.2, 0.25) is 0 Å². The van der Waals surface area contributed by atoms with Crippen LogP contribution in [0, 0.1) is 0 Å². The summed E-state index contributed by atoms with van der Waals surface area (Å²) in [6.45, 7) is 6.53. The van der Waals surface area contributed by atoms with E-state index in [0.717, 1.165) is 38.3 Å². The largest absolute Gasteiger partial charge is 0.479 e. The summed E-state index contributed by atoms with van der Waals surface area (Å²) < 4.78 is 5.38. The van der Waals surface area contributed by atoms with E-state index in [1.54, 1.807) is 6.07 Å². The summed E-state index contributed by atoms with van der Waals surface area (Å²) in [5, 5.41) is 12.2. The molecule has 5 heteroatoms. The maximum absolute atomic E-state index is 10.8. The number of carboxylic acid groups (broad SMARTS) is 1. The van der Waals surface area contributed by atoms with E-state index in [0.29, 0.717) is 5.75 Å². The summed E-state index contributed by atoms with van der Waals surface area (Å²) in [7, 11) is 0. The van der Waals surface area contributed by atoms with Crippen LogP contribution in [0.25, 0.3) is 0 Å². The Morgan fingerprint density at radius 2 is 2.21 bits per heavy atom. The van der Waals surface area contributed by atoms with Crippen LogP contribution in [0.2, 0.25) is 0 Å². The average Bonchev–Trinajstić information content (AvgIpc) is 2.40. The van der Waals surface area contributed by atoms with E-state index >= 15 is 0 Å². The van der Waals surface area contributed by atoms with Gasteiger partial charge in [-0.05, 0) is 24.6 Å². The lowest BCUT2D eigenvalue weighted by molar-refractivity contribution is -0.144. The van der Waals surface area contributed by atoms with Crippen LogP contribution in [0.15, 0.2) is 24.3 Å². The van der Waals surface area contributed by atoms with Gasteiger partial charge in [-0.1, -0.05) is 12.1 Å². The second-order valence-electron chi connectivity index (χ2n) is 4.77. The molecule has 1 heterocycles. The van der Waals surface area contributed by atoms with Gasteiger partial charge in [0.15, 0.2) is 6.10 Å². The number of nitrogens with zero attached hydrogens (tertiary/aromatic N) is 1. The Morgan fingerprint density at radius 1 is 1.47 bits per heavy atom. The summed E-state index contributed by atoms with van der Waals surface area (Å²) in [4.78, 5) is 13.1. The third-order valence-electron chi connectivity index (χ3n) is 3.17. The minimum Gasteiger partial charge on any atom is -0.479 e. The van der Waals surface area contributed by atoms with Crippen LogP contribution in [0.5, 0.6) is 5.75 Å². The van der Waals surface area contributed by atoms with Crippen LogP contribution in [-0.4, -0.2) is 48.3 Å². The van der Waals surface area contributed by atoms with E-state index in [1.165, 1.54) is 6.92 Å². The fourth-order valence-corrected chi connectivity index (χ4v) is 2.10. The van der Waals surface area contributed by atoms with Crippen molar-refractivity contribution in [3.05, 3.63) is 29.8 Å². The van der Waals surface area contributed by atoms with E-state index in [-0.39, 0.29) is 0 Å². The number of rotatable bonds is 5. The van der Waals surface area contributed by atoms with Gasteiger partial charge in [-0.3, -0.25) is 4.90 Å². The number of ether oxygens (including phenoxy) is 1. The van der Waals surface area contributed by atoms with Crippen LogP contribution in [-0.2, 0) is 11.3 Å². The molecule has 19 heavy (non-hydrogen) atoms. The van der Waals surface area contributed by atoms with Crippen LogP contribution < -0.4 is 10.1 Å². The highest BCUT2D eigenvalue weighted by atomic mass is 16.5. The van der Waals surface area contributed by atoms with E-state index in [4.69, 9.17) is 9.84 Å². The first kappa shape index (κ1) is 13.8. The molecule has 1 saturated heterocycles. The first-order valence-electron chi connectivity index (χ1n) is 6.56. The molecular weight excluding hydrogens is 244 g/mol. The Bertz CT molecular complexity index is 430. The quantitative estimate of drug-likeness (QED) is 0.829. The van der Waals surface area contributed by atoms with Crippen molar-refractivity contribution in [3.8, 4) is 5.75 Å². The van der Waals surface area contributed by atoms with Crippen LogP contribution in [0.4, 0.5) is 0 Å². The molecular formula is C14H20N2O3. The predicted molar refractivity (Wildman–Crippen MR) is 72.3 cm³/mol. The third-order valence-corrected chi connectivity index (χ3v) is 3.17. The molecule has 0 radical (unpaired) electrons. The Morgan fingerprint density at radius 3 is 2.89 bits per heavy atom. The first-order valence-corrected chi connectivity index (χ1v) is 6.56. The Balaban J connectivity index is 1.96. The van der Waals surface area contributed by atoms with E-state index in [9.17, 15) is 4.79 Å². The number of hydrogen-bond acceptors (Lipinski definition) is 4. The lowest BCUT2D eigenvalue weighted by Crippen LogP contribution is -2.42. The van der Waals surface area contributed by atoms with Crippen LogP contribution in [0.1, 0.15) is 12.5 Å². The number of piperazine rings is 1. The molecule has 0 aromatic heterocycles. The molecule has 2 N–H and O–H groups in total. The van der Waals surface area contributed by atoms with Gasteiger partial charge in [-0.2, -0.15) is 0 Å². The van der Waals surface area contributed by atoms with Crippen molar-refractivity contribution in [2.24, 2.45) is 0 Å². The van der Waals surface area contributed by atoms with Gasteiger partial charge in [-0.15, -0.1) is 0 Å². The van der Waals surface area contributed by atoms with Crippen molar-refractivity contribution < 1.29 is 14.6 Å². The molecule has 0 spiro atoms. The van der Waals surface area contributed by atoms with Crippen LogP contribution >= 0.6 is 0 Å². The molecule has 1 atom stereocenters. The van der Waals surface area contributed by atoms with Gasteiger partial charge in [0.25, 0.3) is 0 Å². The minimum atomic E-state index is -0.951. The van der Waals surface area contributed by atoms with Crippen molar-refractivity contribution in [2.75, 3.05) is 26.2 Å². The zero-order chi connectivity index (χ0) is 13.7. The smallest absolute Gasteiger partial charge is 0.344 e. The standard InChI is InChI=1S/C14H20N2O3/c1-11(14(17)18)19-13-4-2-3-12(9-13)10-16-7-5-15-6-8-16/h2-4,9,11,15H,5-8,10H2,1H3,(H,17,18). The number of hydrogen-bond donors (Lipinski definition) is 2. The predicted octanol–water partition coefficient (Wildman–Crippen LogP) is 0.944. The molecule has 1 aromatic rings. The van der Waals surface area contributed by atoms with E-state index in [1.807, 2.05) is 18.2 Å². The van der Waals surface area contributed by atoms with Gasteiger partial charge in [0.05, 0.1) is 0 Å². The summed E-state index contributed by atoms with van der Waals surface area (Å²) >= 11 is 0. The molecule has 0 bridgehead atoms. The maximum atomic E-state index is 10.8. The monoisotopic (exact) mass is 264 g/mol. The Kier molecular flexibility index (Phi) is 4.76. The molecule has 0 saturated carbocycles. The normalized spacial score (nSPS) is 17.9. The molecule has 1 fully saturated rings. The lowest BCUT2D eigenvalue weighted by Gasteiger charge is -2.27. The highest BCUT2D eigenvalue weighted by Crippen LogP contribution is 2.16. The van der Waals surface area contributed by atoms with Crippen molar-refractivity contribution in [2.45, 2.75) is 19.6 Å². The van der Waals surface area contributed by atoms with Crippen molar-refractivity contribution >= 4 is 5.97 Å². The molecule has 104 valence electrons. The topological polar surface area (TPSA) is 61.8 Å². The van der Waals surface area contributed by atoms with Gasteiger partial charge in [0.1, 0.15) is 5.75 Å². The zero-order valence-electron chi connectivity index (χ0n) is 11.1. The summed E-state index contributed by atoms with van der Waals surface area (Å²) in [5.41, 5.74) is 1.15. The number of nitrogens with one attached hydrogen (secondary N) is 1. The maximum Gasteiger partial charge on any atom is 0.344 e. The number of aliphatic carboxylic acids is 1. The number of carbonyl (C=O) groups is 1. The summed E-state index contributed by atoms with van der Waals surface area (Å²) in [6.07, 6.45) is -0.825. The number of benzene rings is 1. The minimum absolute atomic E-state index is 0.613. The first-order chi connectivity index (χ1) is 9.15. The molecule has 1 aliphatic heterocycles. The van der Waals surface area contributed by atoms with Gasteiger partial charge in [0, 0.05) is 32.7 Å². The molecule has 1 aromatic carbocycles. The molecule has 1 unspecified atom stereocenters. The van der Waals surface area contributed by atoms with Crippen molar-refractivity contribution in [1.82, 2.24) is 10.2 Å². The fourth-order valence-electron chi connectivity index (χ4n) is 2.10. The van der Waals surface area contributed by atoms with Gasteiger partial charge >= 0.3 is 5.97 Å². The second kappa shape index (κ2) is 6.54. The van der Waals surface area contributed by atoms with Gasteiger partial charge < -0.3 is 15.2 Å². The molecule has 0 aliphatic carbocycles. The highest BCUT2D eigenvalue weighted by Gasteiger charge is 2.13. The SMILES string of the molecule is CC(Oc1cccc(CN2CCNCC2)c1)C(=O)O. The van der Waals surface area contributed by atoms with Crippen LogP contribution in [0.3, 0.4) is 0 Å². The molecule has 1 aliphatic rings. The fraction of sp³-hybridized carbons (Fsp3) is 0.500. The van der Waals surface area contributed by atoms with Crippen molar-refractivity contribution in [3.63, 3.8) is 0 Å². The summed E-state index contributed by atoms with van der Waals surface area (Å²) in [5.74, 6) is -0.338. The highest BCUT2D eigenvalue weighted by molar-refractivity contribution is 5.72. The third kappa shape index (κ3) is 4.22. The molecule has 5 nitrogen and oxygen atoms in total. The van der Waals surface area contributed by atoms with E-state index in [2.05, 4.69) is 10.2 Å².